The first-order valence-corrected chi connectivity index (χ1v) is 9.39. The van der Waals surface area contributed by atoms with Gasteiger partial charge in [0.2, 0.25) is 0 Å². The summed E-state index contributed by atoms with van der Waals surface area (Å²) in [5, 5.41) is 3.54. The molecule has 0 radical (unpaired) electrons. The predicted molar refractivity (Wildman–Crippen MR) is 98.4 cm³/mol. The van der Waals surface area contributed by atoms with Gasteiger partial charge in [0.15, 0.2) is 0 Å². The van der Waals surface area contributed by atoms with Crippen molar-refractivity contribution in [2.45, 2.75) is 37.5 Å². The van der Waals surface area contributed by atoms with E-state index in [-0.39, 0.29) is 11.7 Å². The van der Waals surface area contributed by atoms with Crippen LogP contribution in [-0.4, -0.2) is 36.0 Å². The van der Waals surface area contributed by atoms with Crippen LogP contribution in [0.1, 0.15) is 35.2 Å². The highest BCUT2D eigenvalue weighted by Crippen LogP contribution is 2.33. The van der Waals surface area contributed by atoms with Gasteiger partial charge in [0.25, 0.3) is 5.91 Å². The van der Waals surface area contributed by atoms with Crippen LogP contribution in [-0.2, 0) is 6.18 Å². The van der Waals surface area contributed by atoms with Crippen molar-refractivity contribution in [1.82, 2.24) is 10.2 Å². The molecule has 7 heteroatoms. The molecule has 28 heavy (non-hydrogen) atoms. The lowest BCUT2D eigenvalue weighted by atomic mass is 10.1. The molecule has 2 aromatic rings. The quantitative estimate of drug-likeness (QED) is 0.841. The van der Waals surface area contributed by atoms with Crippen LogP contribution in [0, 0.1) is 0 Å². The van der Waals surface area contributed by atoms with Crippen molar-refractivity contribution in [3.05, 3.63) is 59.7 Å². The maximum Gasteiger partial charge on any atom is 0.416 e. The van der Waals surface area contributed by atoms with Crippen molar-refractivity contribution in [1.29, 1.82) is 0 Å². The molecule has 2 bridgehead atoms. The van der Waals surface area contributed by atoms with Crippen molar-refractivity contribution in [3.63, 3.8) is 0 Å². The largest absolute Gasteiger partial charge is 0.457 e. The summed E-state index contributed by atoms with van der Waals surface area (Å²) in [6.45, 7) is 1.37. The summed E-state index contributed by atoms with van der Waals surface area (Å²) >= 11 is 0. The maximum absolute atomic E-state index is 12.9. The van der Waals surface area contributed by atoms with Crippen LogP contribution in [0.2, 0.25) is 0 Å². The van der Waals surface area contributed by atoms with Crippen molar-refractivity contribution >= 4 is 5.91 Å². The molecule has 2 unspecified atom stereocenters. The molecule has 2 aliphatic heterocycles. The average molecular weight is 390 g/mol. The molecule has 2 atom stereocenters. The SMILES string of the molecule is O=C(c1cccc(Oc2cccc(C(F)(F)F)c2)c1)N1CCC2CCC(C1)N2. The minimum absolute atomic E-state index is 0.0794. The molecule has 0 spiro atoms. The molecule has 2 saturated heterocycles. The maximum atomic E-state index is 12.9. The Hall–Kier alpha value is -2.54. The molecular formula is C21H21F3N2O2. The third-order valence-electron chi connectivity index (χ3n) is 5.29. The van der Waals surface area contributed by atoms with Crippen LogP contribution in [0.25, 0.3) is 0 Å². The van der Waals surface area contributed by atoms with E-state index in [9.17, 15) is 18.0 Å². The second kappa shape index (κ2) is 7.47. The number of hydrogen-bond donors (Lipinski definition) is 1. The number of amides is 1. The summed E-state index contributed by atoms with van der Waals surface area (Å²) in [6.07, 6.45) is -1.26. The summed E-state index contributed by atoms with van der Waals surface area (Å²) in [5.74, 6) is 0.333. The molecule has 2 heterocycles. The first-order valence-electron chi connectivity index (χ1n) is 9.39. The van der Waals surface area contributed by atoms with Gasteiger partial charge in [-0.3, -0.25) is 4.79 Å². The number of nitrogens with zero attached hydrogens (tertiary/aromatic N) is 1. The van der Waals surface area contributed by atoms with Gasteiger partial charge >= 0.3 is 6.18 Å². The van der Waals surface area contributed by atoms with Crippen molar-refractivity contribution in [2.75, 3.05) is 13.1 Å². The molecule has 4 nitrogen and oxygen atoms in total. The van der Waals surface area contributed by atoms with Crippen LogP contribution in [0.3, 0.4) is 0 Å². The lowest BCUT2D eigenvalue weighted by molar-refractivity contribution is -0.137. The number of rotatable bonds is 3. The minimum atomic E-state index is -4.43. The molecule has 0 saturated carbocycles. The Labute approximate surface area is 161 Å². The number of halogens is 3. The normalized spacial score (nSPS) is 22.0. The van der Waals surface area contributed by atoms with E-state index in [1.54, 1.807) is 24.3 Å². The van der Waals surface area contributed by atoms with Gasteiger partial charge in [-0.25, -0.2) is 0 Å². The summed E-state index contributed by atoms with van der Waals surface area (Å²) in [7, 11) is 0. The standard InChI is InChI=1S/C21H21F3N2O2/c22-21(23,24)15-4-2-6-19(12-15)28-18-5-1-3-14(11-18)20(27)26-10-9-16-7-8-17(13-26)25-16/h1-6,11-12,16-17,25H,7-10,13H2. The van der Waals surface area contributed by atoms with Gasteiger partial charge in [0, 0.05) is 30.7 Å². The molecule has 0 aromatic heterocycles. The second-order valence-corrected chi connectivity index (χ2v) is 7.33. The van der Waals surface area contributed by atoms with Gasteiger partial charge in [-0.15, -0.1) is 0 Å². The lowest BCUT2D eigenvalue weighted by Crippen LogP contribution is -2.39. The van der Waals surface area contributed by atoms with E-state index in [0.717, 1.165) is 31.4 Å². The van der Waals surface area contributed by atoms with E-state index >= 15 is 0 Å². The minimum Gasteiger partial charge on any atom is -0.457 e. The van der Waals surface area contributed by atoms with Crippen LogP contribution >= 0.6 is 0 Å². The van der Waals surface area contributed by atoms with Gasteiger partial charge in [-0.05, 0) is 55.7 Å². The highest BCUT2D eigenvalue weighted by atomic mass is 19.4. The zero-order valence-electron chi connectivity index (χ0n) is 15.2. The van der Waals surface area contributed by atoms with Crippen LogP contribution in [0.15, 0.2) is 48.5 Å². The van der Waals surface area contributed by atoms with Gasteiger partial charge in [0.1, 0.15) is 11.5 Å². The summed E-state index contributed by atoms with van der Waals surface area (Å²) in [4.78, 5) is 14.8. The topological polar surface area (TPSA) is 41.6 Å². The highest BCUT2D eigenvalue weighted by Gasteiger charge is 2.32. The van der Waals surface area contributed by atoms with Crippen LogP contribution < -0.4 is 10.1 Å². The van der Waals surface area contributed by atoms with E-state index in [1.165, 1.54) is 12.1 Å². The van der Waals surface area contributed by atoms with Gasteiger partial charge < -0.3 is 15.0 Å². The number of carbonyl (C=O) groups excluding carboxylic acids is 1. The van der Waals surface area contributed by atoms with E-state index in [2.05, 4.69) is 5.32 Å². The fraction of sp³-hybridized carbons (Fsp3) is 0.381. The van der Waals surface area contributed by atoms with E-state index in [0.29, 0.717) is 36.5 Å². The number of fused-ring (bicyclic) bond motifs is 2. The average Bonchev–Trinajstić information content (AvgIpc) is 3.00. The third kappa shape index (κ3) is 4.14. The fourth-order valence-electron chi connectivity index (χ4n) is 3.87. The molecule has 2 aliphatic rings. The fourth-order valence-corrected chi connectivity index (χ4v) is 3.87. The Morgan fingerprint density at radius 3 is 2.50 bits per heavy atom. The molecule has 1 amide bonds. The molecule has 4 rings (SSSR count). The van der Waals surface area contributed by atoms with Crippen molar-refractivity contribution < 1.29 is 22.7 Å². The highest BCUT2D eigenvalue weighted by molar-refractivity contribution is 5.94. The Morgan fingerprint density at radius 1 is 1.00 bits per heavy atom. The molecule has 0 aliphatic carbocycles. The number of benzene rings is 2. The van der Waals surface area contributed by atoms with Crippen molar-refractivity contribution in [2.24, 2.45) is 0 Å². The van der Waals surface area contributed by atoms with E-state index in [4.69, 9.17) is 4.74 Å². The number of carbonyl (C=O) groups is 1. The first-order chi connectivity index (χ1) is 13.4. The van der Waals surface area contributed by atoms with Gasteiger partial charge in [-0.2, -0.15) is 13.2 Å². The molecular weight excluding hydrogens is 369 g/mol. The Balaban J connectivity index is 1.49. The molecule has 2 fully saturated rings. The van der Waals surface area contributed by atoms with Crippen LogP contribution in [0.5, 0.6) is 11.5 Å². The second-order valence-electron chi connectivity index (χ2n) is 7.33. The van der Waals surface area contributed by atoms with E-state index < -0.39 is 11.7 Å². The number of hydrogen-bond acceptors (Lipinski definition) is 3. The number of ether oxygens (including phenoxy) is 1. The summed E-state index contributed by atoms with van der Waals surface area (Å²) in [6, 6.07) is 12.1. The Kier molecular flexibility index (Phi) is 5.02. The number of alkyl halides is 3. The first kappa shape index (κ1) is 18.8. The molecule has 2 aromatic carbocycles. The monoisotopic (exact) mass is 390 g/mol. The van der Waals surface area contributed by atoms with Gasteiger partial charge in [-0.1, -0.05) is 12.1 Å². The zero-order chi connectivity index (χ0) is 19.7. The summed E-state index contributed by atoms with van der Waals surface area (Å²) in [5.41, 5.74) is -0.299. The number of nitrogens with one attached hydrogen (secondary N) is 1. The summed E-state index contributed by atoms with van der Waals surface area (Å²) < 4.78 is 44.2. The molecule has 1 N–H and O–H groups in total. The lowest BCUT2D eigenvalue weighted by Gasteiger charge is -2.24. The van der Waals surface area contributed by atoms with Crippen LogP contribution in [0.4, 0.5) is 13.2 Å². The zero-order valence-corrected chi connectivity index (χ0v) is 15.2. The smallest absolute Gasteiger partial charge is 0.416 e. The number of likely N-dealkylation sites (tertiary alicyclic amines) is 1. The van der Waals surface area contributed by atoms with Crippen molar-refractivity contribution in [3.8, 4) is 11.5 Å². The Morgan fingerprint density at radius 2 is 1.71 bits per heavy atom. The third-order valence-corrected chi connectivity index (χ3v) is 5.29. The van der Waals surface area contributed by atoms with Gasteiger partial charge in [0.05, 0.1) is 5.56 Å². The predicted octanol–water partition coefficient (Wildman–Crippen LogP) is 4.46. The Bertz CT molecular complexity index is 869. The van der Waals surface area contributed by atoms with E-state index in [1.807, 2.05) is 4.90 Å². The molecule has 148 valence electrons.